The number of halogens is 2. The Hall–Kier alpha value is -1.58. The molecule has 1 aliphatic rings. The lowest BCUT2D eigenvalue weighted by Crippen LogP contribution is -2.30. The number of aryl methyl sites for hydroxylation is 2. The zero-order chi connectivity index (χ0) is 14.1. The first-order valence-corrected chi connectivity index (χ1v) is 6.94. The van der Waals surface area contributed by atoms with Crippen LogP contribution in [0.2, 0.25) is 0 Å². The Kier molecular flexibility index (Phi) is 4.86. The van der Waals surface area contributed by atoms with E-state index in [1.807, 2.05) is 31.2 Å². The van der Waals surface area contributed by atoms with E-state index in [0.717, 1.165) is 40.8 Å². The van der Waals surface area contributed by atoms with Crippen molar-refractivity contribution in [3.8, 4) is 16.9 Å². The van der Waals surface area contributed by atoms with Crippen molar-refractivity contribution in [3.63, 3.8) is 0 Å². The summed E-state index contributed by atoms with van der Waals surface area (Å²) >= 11 is 0. The van der Waals surface area contributed by atoms with Gasteiger partial charge in [-0.15, -0.1) is 12.4 Å². The van der Waals surface area contributed by atoms with E-state index in [2.05, 4.69) is 0 Å². The van der Waals surface area contributed by atoms with E-state index in [1.165, 1.54) is 0 Å². The molecule has 0 saturated heterocycles. The van der Waals surface area contributed by atoms with Gasteiger partial charge in [0.2, 0.25) is 0 Å². The molecule has 2 N–H and O–H groups in total. The van der Waals surface area contributed by atoms with Crippen LogP contribution >= 0.6 is 12.4 Å². The molecule has 0 aromatic heterocycles. The van der Waals surface area contributed by atoms with Gasteiger partial charge in [0.25, 0.3) is 0 Å². The first-order valence-electron chi connectivity index (χ1n) is 6.94. The fourth-order valence-electron chi connectivity index (χ4n) is 2.76. The van der Waals surface area contributed by atoms with Gasteiger partial charge < -0.3 is 10.5 Å². The van der Waals surface area contributed by atoms with Gasteiger partial charge in [-0.2, -0.15) is 0 Å². The van der Waals surface area contributed by atoms with E-state index in [9.17, 15) is 4.39 Å². The Morgan fingerprint density at radius 1 is 1.24 bits per heavy atom. The molecule has 0 radical (unpaired) electrons. The number of nitrogens with two attached hydrogens (primary N) is 1. The van der Waals surface area contributed by atoms with E-state index in [0.29, 0.717) is 6.54 Å². The van der Waals surface area contributed by atoms with Crippen molar-refractivity contribution in [2.75, 3.05) is 6.54 Å². The molecular formula is C17H19ClFNO. The molecule has 0 bridgehead atoms. The number of benzene rings is 2. The molecule has 0 aliphatic carbocycles. The van der Waals surface area contributed by atoms with Gasteiger partial charge in [0, 0.05) is 12.1 Å². The van der Waals surface area contributed by atoms with Crippen LogP contribution in [0.4, 0.5) is 4.39 Å². The summed E-state index contributed by atoms with van der Waals surface area (Å²) in [6, 6.07) is 11.1. The summed E-state index contributed by atoms with van der Waals surface area (Å²) in [5.74, 6) is 0.583. The molecule has 2 nitrogen and oxygen atoms in total. The second kappa shape index (κ2) is 6.46. The van der Waals surface area contributed by atoms with Crippen molar-refractivity contribution in [1.29, 1.82) is 0 Å². The molecule has 1 heterocycles. The Balaban J connectivity index is 0.00000161. The lowest BCUT2D eigenvalue weighted by atomic mass is 9.93. The van der Waals surface area contributed by atoms with Gasteiger partial charge in [0.1, 0.15) is 17.7 Å². The third kappa shape index (κ3) is 3.04. The maximum absolute atomic E-state index is 13.9. The molecule has 0 amide bonds. The number of hydrogen-bond acceptors (Lipinski definition) is 2. The maximum atomic E-state index is 13.9. The minimum atomic E-state index is -0.211. The van der Waals surface area contributed by atoms with Gasteiger partial charge in [-0.3, -0.25) is 0 Å². The van der Waals surface area contributed by atoms with Crippen molar-refractivity contribution in [1.82, 2.24) is 0 Å². The van der Waals surface area contributed by atoms with Gasteiger partial charge in [0.05, 0.1) is 0 Å². The summed E-state index contributed by atoms with van der Waals surface area (Å²) in [4.78, 5) is 0. The van der Waals surface area contributed by atoms with Crippen LogP contribution < -0.4 is 10.5 Å². The van der Waals surface area contributed by atoms with E-state index in [1.54, 1.807) is 12.1 Å². The predicted molar refractivity (Wildman–Crippen MR) is 85.6 cm³/mol. The van der Waals surface area contributed by atoms with Crippen LogP contribution in [0.1, 0.15) is 17.5 Å². The third-order valence-corrected chi connectivity index (χ3v) is 3.85. The average Bonchev–Trinajstić information content (AvgIpc) is 2.46. The normalized spacial score (nSPS) is 16.6. The van der Waals surface area contributed by atoms with Crippen LogP contribution in [0.25, 0.3) is 11.1 Å². The molecule has 4 heteroatoms. The van der Waals surface area contributed by atoms with E-state index >= 15 is 0 Å². The van der Waals surface area contributed by atoms with Gasteiger partial charge in [-0.05, 0) is 48.6 Å². The number of fused-ring (bicyclic) bond motifs is 1. The second-order valence-corrected chi connectivity index (χ2v) is 5.27. The van der Waals surface area contributed by atoms with Crippen molar-refractivity contribution < 1.29 is 9.13 Å². The molecule has 0 unspecified atom stereocenters. The fourth-order valence-corrected chi connectivity index (χ4v) is 2.76. The topological polar surface area (TPSA) is 35.2 Å². The summed E-state index contributed by atoms with van der Waals surface area (Å²) in [6.45, 7) is 2.51. The minimum absolute atomic E-state index is 0. The standard InChI is InChI=1S/C17H18FNO.ClH/c1-11-4-2-3-5-15(11)16-9-13(18)8-12-6-7-14(10-19)20-17(12)16;/h2-5,8-9,14H,6-7,10,19H2,1H3;1H/t14-;/m1./s1. The fraction of sp³-hybridized carbons (Fsp3) is 0.294. The molecule has 0 spiro atoms. The van der Waals surface area contributed by atoms with Gasteiger partial charge >= 0.3 is 0 Å². The lowest BCUT2D eigenvalue weighted by molar-refractivity contribution is 0.182. The van der Waals surface area contributed by atoms with E-state index < -0.39 is 0 Å². The van der Waals surface area contributed by atoms with Crippen molar-refractivity contribution in [3.05, 3.63) is 53.3 Å². The highest BCUT2D eigenvalue weighted by Gasteiger charge is 2.23. The second-order valence-electron chi connectivity index (χ2n) is 5.27. The van der Waals surface area contributed by atoms with Crippen LogP contribution in [0.5, 0.6) is 5.75 Å². The molecule has 1 aliphatic heterocycles. The van der Waals surface area contributed by atoms with Crippen molar-refractivity contribution in [2.45, 2.75) is 25.9 Å². The molecule has 3 rings (SSSR count). The van der Waals surface area contributed by atoms with Gasteiger partial charge in [-0.1, -0.05) is 24.3 Å². The van der Waals surface area contributed by atoms with Crippen LogP contribution in [0.15, 0.2) is 36.4 Å². The first kappa shape index (κ1) is 15.8. The minimum Gasteiger partial charge on any atom is -0.488 e. The number of ether oxygens (including phenoxy) is 1. The summed E-state index contributed by atoms with van der Waals surface area (Å²) in [6.07, 6.45) is 1.68. The van der Waals surface area contributed by atoms with E-state index in [4.69, 9.17) is 10.5 Å². The first-order chi connectivity index (χ1) is 9.69. The molecule has 21 heavy (non-hydrogen) atoms. The molecule has 1 atom stereocenters. The summed E-state index contributed by atoms with van der Waals surface area (Å²) < 4.78 is 19.9. The number of rotatable bonds is 2. The van der Waals surface area contributed by atoms with Crippen molar-refractivity contribution >= 4 is 12.4 Å². The lowest BCUT2D eigenvalue weighted by Gasteiger charge is -2.27. The zero-order valence-electron chi connectivity index (χ0n) is 11.9. The van der Waals surface area contributed by atoms with Crippen LogP contribution in [-0.2, 0) is 6.42 Å². The van der Waals surface area contributed by atoms with Crippen LogP contribution in [-0.4, -0.2) is 12.6 Å². The Morgan fingerprint density at radius 3 is 2.71 bits per heavy atom. The summed E-state index contributed by atoms with van der Waals surface area (Å²) in [5.41, 5.74) is 9.60. The van der Waals surface area contributed by atoms with E-state index in [-0.39, 0.29) is 24.3 Å². The molecule has 2 aromatic rings. The molecule has 2 aromatic carbocycles. The zero-order valence-corrected chi connectivity index (χ0v) is 12.8. The highest BCUT2D eigenvalue weighted by molar-refractivity contribution is 5.85. The quantitative estimate of drug-likeness (QED) is 0.914. The smallest absolute Gasteiger partial charge is 0.131 e. The third-order valence-electron chi connectivity index (χ3n) is 3.85. The van der Waals surface area contributed by atoms with Gasteiger partial charge in [0.15, 0.2) is 0 Å². The molecule has 0 saturated carbocycles. The Labute approximate surface area is 130 Å². The molecular weight excluding hydrogens is 289 g/mol. The summed E-state index contributed by atoms with van der Waals surface area (Å²) in [7, 11) is 0. The van der Waals surface area contributed by atoms with Crippen molar-refractivity contribution in [2.24, 2.45) is 5.73 Å². The highest BCUT2D eigenvalue weighted by Crippen LogP contribution is 2.39. The predicted octanol–water partition coefficient (Wildman–Crippen LogP) is 3.88. The molecule has 0 fully saturated rings. The Morgan fingerprint density at radius 2 is 2.00 bits per heavy atom. The largest absolute Gasteiger partial charge is 0.488 e. The highest BCUT2D eigenvalue weighted by atomic mass is 35.5. The van der Waals surface area contributed by atoms with Crippen LogP contribution in [0.3, 0.4) is 0 Å². The Bertz CT molecular complexity index is 645. The SMILES string of the molecule is Cc1ccccc1-c1cc(F)cc2c1O[C@@H](CN)CC2.Cl. The average molecular weight is 308 g/mol. The van der Waals surface area contributed by atoms with Crippen LogP contribution in [0, 0.1) is 12.7 Å². The summed E-state index contributed by atoms with van der Waals surface area (Å²) in [5, 5.41) is 0. The molecule has 112 valence electrons. The van der Waals surface area contributed by atoms with Gasteiger partial charge in [-0.25, -0.2) is 4.39 Å². The number of hydrogen-bond donors (Lipinski definition) is 1. The maximum Gasteiger partial charge on any atom is 0.131 e. The monoisotopic (exact) mass is 307 g/mol.